The number of cyclic esters (lactones) is 1. The summed E-state index contributed by atoms with van der Waals surface area (Å²) in [5.41, 5.74) is 7.32. The molecule has 0 saturated carbocycles. The first kappa shape index (κ1) is 26.6. The monoisotopic (exact) mass is 542 g/mol. The first-order valence-electron chi connectivity index (χ1n) is 12.8. The summed E-state index contributed by atoms with van der Waals surface area (Å²) in [6.07, 6.45) is 1.11. The van der Waals surface area contributed by atoms with Crippen LogP contribution in [0, 0.1) is 11.7 Å². The fraction of sp³-hybridized carbons (Fsp3) is 0.462. The Bertz CT molecular complexity index is 1280. The minimum absolute atomic E-state index is 0.0421. The van der Waals surface area contributed by atoms with E-state index in [1.165, 1.54) is 18.0 Å². The molecule has 0 radical (unpaired) electrons. The molecule has 0 spiro atoms. The smallest absolute Gasteiger partial charge is 0.415 e. The van der Waals surface area contributed by atoms with Gasteiger partial charge in [-0.1, -0.05) is 0 Å². The largest absolute Gasteiger partial charge is 0.491 e. The molecule has 5 rings (SSSR count). The van der Waals surface area contributed by atoms with Crippen LogP contribution in [0.3, 0.4) is 0 Å². The molecular formula is C26H31FN6O6. The molecule has 1 aromatic heterocycles. The van der Waals surface area contributed by atoms with Crippen molar-refractivity contribution in [3.63, 3.8) is 0 Å². The molecule has 1 fully saturated rings. The molecule has 12 nitrogen and oxygen atoms in total. The summed E-state index contributed by atoms with van der Waals surface area (Å²) in [4.78, 5) is 41.3. The molecule has 1 aliphatic carbocycles. The van der Waals surface area contributed by atoms with Gasteiger partial charge in [0.05, 0.1) is 6.54 Å². The molecular weight excluding hydrogens is 511 g/mol. The van der Waals surface area contributed by atoms with Crippen molar-refractivity contribution in [2.24, 2.45) is 11.7 Å². The lowest BCUT2D eigenvalue weighted by atomic mass is 10.1. The Morgan fingerprint density at radius 1 is 1.33 bits per heavy atom. The Morgan fingerprint density at radius 3 is 3.00 bits per heavy atom. The molecule has 5 N–H and O–H groups in total. The zero-order valence-corrected chi connectivity index (χ0v) is 21.5. The van der Waals surface area contributed by atoms with Gasteiger partial charge in [-0.2, -0.15) is 0 Å². The van der Waals surface area contributed by atoms with E-state index >= 15 is 0 Å². The van der Waals surface area contributed by atoms with Gasteiger partial charge in [0.25, 0.3) is 5.91 Å². The second kappa shape index (κ2) is 11.4. The number of pyridine rings is 1. The first-order valence-corrected chi connectivity index (χ1v) is 12.8. The molecule has 3 amide bonds. The predicted octanol–water partition coefficient (Wildman–Crippen LogP) is 0.724. The van der Waals surface area contributed by atoms with Gasteiger partial charge in [-0.05, 0) is 67.6 Å². The van der Waals surface area contributed by atoms with Crippen molar-refractivity contribution in [3.8, 4) is 11.5 Å². The van der Waals surface area contributed by atoms with E-state index in [0.717, 1.165) is 5.56 Å². The summed E-state index contributed by atoms with van der Waals surface area (Å²) in [6.45, 7) is 1.53. The molecule has 208 valence electrons. The Balaban J connectivity index is 1.07. The lowest BCUT2D eigenvalue weighted by Crippen LogP contribution is -2.42. The van der Waals surface area contributed by atoms with E-state index in [1.54, 1.807) is 12.1 Å². The number of likely N-dealkylation sites (N-methyl/N-ethyl adjacent to an activating group) is 1. The Kier molecular flexibility index (Phi) is 7.79. The van der Waals surface area contributed by atoms with Crippen LogP contribution in [0.25, 0.3) is 0 Å². The van der Waals surface area contributed by atoms with E-state index in [-0.39, 0.29) is 48.7 Å². The van der Waals surface area contributed by atoms with Crippen LogP contribution in [-0.2, 0) is 27.2 Å². The number of ether oxygens (including phenoxy) is 3. The van der Waals surface area contributed by atoms with Gasteiger partial charge in [0.2, 0.25) is 5.91 Å². The lowest BCUT2D eigenvalue weighted by molar-refractivity contribution is -0.122. The van der Waals surface area contributed by atoms with Crippen LogP contribution in [0.1, 0.15) is 17.5 Å². The zero-order valence-electron chi connectivity index (χ0n) is 21.5. The molecule has 13 heteroatoms. The van der Waals surface area contributed by atoms with Crippen LogP contribution in [0.15, 0.2) is 24.3 Å². The second-order valence-corrected chi connectivity index (χ2v) is 9.81. The summed E-state index contributed by atoms with van der Waals surface area (Å²) < 4.78 is 31.1. The van der Waals surface area contributed by atoms with Crippen LogP contribution in [0.2, 0.25) is 0 Å². The predicted molar refractivity (Wildman–Crippen MR) is 138 cm³/mol. The molecule has 3 aliphatic rings. The molecule has 2 aliphatic heterocycles. The molecule has 39 heavy (non-hydrogen) atoms. The Morgan fingerprint density at radius 2 is 2.18 bits per heavy atom. The highest BCUT2D eigenvalue weighted by molar-refractivity contribution is 5.95. The van der Waals surface area contributed by atoms with E-state index in [0.29, 0.717) is 61.8 Å². The van der Waals surface area contributed by atoms with Crippen molar-refractivity contribution in [2.75, 3.05) is 50.1 Å². The summed E-state index contributed by atoms with van der Waals surface area (Å²) in [6, 6.07) is 5.64. The molecule has 3 unspecified atom stereocenters. The van der Waals surface area contributed by atoms with Gasteiger partial charge >= 0.3 is 6.09 Å². The van der Waals surface area contributed by atoms with E-state index in [9.17, 15) is 18.8 Å². The number of fused-ring (bicyclic) bond motifs is 2. The minimum Gasteiger partial charge on any atom is -0.491 e. The van der Waals surface area contributed by atoms with Crippen LogP contribution in [0.4, 0.5) is 20.8 Å². The van der Waals surface area contributed by atoms with Crippen molar-refractivity contribution in [2.45, 2.75) is 31.4 Å². The summed E-state index contributed by atoms with van der Waals surface area (Å²) >= 11 is 0. The Labute approximate surface area is 224 Å². The number of carbonyl (C=O) groups is 3. The Hall–Kier alpha value is -3.97. The highest BCUT2D eigenvalue weighted by atomic mass is 19.1. The number of hydrogen-bond acceptors (Lipinski definition) is 9. The molecule has 2 aromatic rings. The van der Waals surface area contributed by atoms with Crippen molar-refractivity contribution in [1.82, 2.24) is 15.6 Å². The second-order valence-electron chi connectivity index (χ2n) is 9.81. The third-order valence-electron chi connectivity index (χ3n) is 6.96. The summed E-state index contributed by atoms with van der Waals surface area (Å²) in [5, 5.41) is 8.48. The first-order chi connectivity index (χ1) is 18.8. The highest BCUT2D eigenvalue weighted by Crippen LogP contribution is 2.33. The number of aromatic nitrogens is 1. The number of hydrogen-bond donors (Lipinski definition) is 4. The normalized spacial score (nSPS) is 20.4. The number of nitrogens with two attached hydrogens (primary N) is 1. The third-order valence-corrected chi connectivity index (χ3v) is 6.96. The molecule has 0 bridgehead atoms. The number of amides is 3. The van der Waals surface area contributed by atoms with Crippen LogP contribution >= 0.6 is 0 Å². The van der Waals surface area contributed by atoms with Gasteiger partial charge in [-0.15, -0.1) is 0 Å². The molecule has 3 atom stereocenters. The maximum absolute atomic E-state index is 14.7. The van der Waals surface area contributed by atoms with Crippen molar-refractivity contribution in [1.29, 1.82) is 0 Å². The number of halogens is 1. The molecule has 1 aromatic carbocycles. The van der Waals surface area contributed by atoms with Crippen molar-refractivity contribution >= 4 is 29.5 Å². The van der Waals surface area contributed by atoms with E-state index in [2.05, 4.69) is 20.9 Å². The number of anilines is 2. The summed E-state index contributed by atoms with van der Waals surface area (Å²) in [7, 11) is 1.49. The van der Waals surface area contributed by atoms with Gasteiger partial charge in [0, 0.05) is 13.1 Å². The molecule has 1 saturated heterocycles. The minimum atomic E-state index is -0.832. The standard InChI is InChI=1S/C26H31FN6O6/c1-29-25(35)20(28)12-37-17-8-15-6-14(7-18(15)19(27)9-17)10-30-5-4-16-11-33(26(36)39-16)22-3-2-21-24(31-22)32-23(34)13-38-21/h2-3,8-9,14,16,20,30H,4-7,10-13,28H2,1H3,(H,29,35)(H,31,32,34). The SMILES string of the molecule is CNC(=O)C(N)COc1cc(F)c2c(c1)CC(CNCCC1CN(c3ccc4c(n3)NC(=O)CO4)C(=O)O1)C2. The number of carbonyl (C=O) groups excluding carboxylic acids is 3. The van der Waals surface area contributed by atoms with E-state index < -0.39 is 12.1 Å². The fourth-order valence-corrected chi connectivity index (χ4v) is 4.96. The fourth-order valence-electron chi connectivity index (χ4n) is 4.96. The van der Waals surface area contributed by atoms with Gasteiger partial charge in [-0.3, -0.25) is 14.5 Å². The number of nitrogens with one attached hydrogen (secondary N) is 3. The maximum atomic E-state index is 14.7. The quantitative estimate of drug-likeness (QED) is 0.318. The average molecular weight is 543 g/mol. The maximum Gasteiger partial charge on any atom is 0.415 e. The van der Waals surface area contributed by atoms with Crippen LogP contribution in [0.5, 0.6) is 11.5 Å². The zero-order chi connectivity index (χ0) is 27.5. The molecule has 3 heterocycles. The average Bonchev–Trinajstić information content (AvgIpc) is 3.51. The lowest BCUT2D eigenvalue weighted by Gasteiger charge is -2.19. The van der Waals surface area contributed by atoms with E-state index in [4.69, 9.17) is 19.9 Å². The summed E-state index contributed by atoms with van der Waals surface area (Å²) in [5.74, 6) is 0.722. The topological polar surface area (TPSA) is 157 Å². The van der Waals surface area contributed by atoms with Gasteiger partial charge in [0.1, 0.15) is 36.1 Å². The third kappa shape index (κ3) is 6.04. The number of benzene rings is 1. The number of rotatable bonds is 10. The van der Waals surface area contributed by atoms with Gasteiger partial charge in [-0.25, -0.2) is 14.2 Å². The van der Waals surface area contributed by atoms with Gasteiger partial charge < -0.3 is 35.9 Å². The van der Waals surface area contributed by atoms with Crippen LogP contribution < -0.4 is 36.1 Å². The van der Waals surface area contributed by atoms with Crippen molar-refractivity contribution < 1.29 is 33.0 Å². The highest BCUT2D eigenvalue weighted by Gasteiger charge is 2.34. The van der Waals surface area contributed by atoms with Crippen molar-refractivity contribution in [3.05, 3.63) is 41.2 Å². The van der Waals surface area contributed by atoms with Gasteiger partial charge in [0.15, 0.2) is 18.2 Å². The number of nitrogens with zero attached hydrogens (tertiary/aromatic N) is 2. The van der Waals surface area contributed by atoms with E-state index in [1.807, 2.05) is 6.07 Å². The van der Waals surface area contributed by atoms with Crippen LogP contribution in [-0.4, -0.2) is 74.9 Å².